The third-order valence-electron chi connectivity index (χ3n) is 6.90. The minimum absolute atomic E-state index is 0. The zero-order chi connectivity index (χ0) is 23.9. The van der Waals surface area contributed by atoms with Crippen LogP contribution in [0.2, 0.25) is 0 Å². The number of thiazole rings is 1. The highest BCUT2D eigenvalue weighted by atomic mass is 35.5. The maximum absolute atomic E-state index is 13.0. The lowest BCUT2D eigenvalue weighted by Gasteiger charge is -2.32. The zero-order valence-electron chi connectivity index (χ0n) is 19.4. The van der Waals surface area contributed by atoms with E-state index in [0.29, 0.717) is 29.1 Å². The lowest BCUT2D eigenvalue weighted by Crippen LogP contribution is -2.41. The van der Waals surface area contributed by atoms with Crippen molar-refractivity contribution in [2.45, 2.75) is 25.0 Å². The number of likely N-dealkylation sites (tertiary alicyclic amines) is 1. The molecule has 3 amide bonds. The Morgan fingerprint density at radius 3 is 2.61 bits per heavy atom. The summed E-state index contributed by atoms with van der Waals surface area (Å²) in [6.07, 6.45) is 3.06. The molecule has 6 rings (SSSR count). The predicted molar refractivity (Wildman–Crippen MR) is 137 cm³/mol. The van der Waals surface area contributed by atoms with E-state index in [2.05, 4.69) is 16.4 Å². The third-order valence-corrected chi connectivity index (χ3v) is 7.66. The molecular formula is C26H25ClN4O4S. The minimum atomic E-state index is -0.258. The van der Waals surface area contributed by atoms with E-state index in [0.717, 1.165) is 36.3 Å². The fourth-order valence-corrected chi connectivity index (χ4v) is 5.78. The van der Waals surface area contributed by atoms with Crippen LogP contribution in [0.1, 0.15) is 54.0 Å². The molecule has 2 atom stereocenters. The molecule has 2 aromatic carbocycles. The van der Waals surface area contributed by atoms with Gasteiger partial charge in [-0.3, -0.25) is 24.3 Å². The maximum atomic E-state index is 13.0. The van der Waals surface area contributed by atoms with Crippen LogP contribution in [0.4, 0.5) is 0 Å². The average molecular weight is 525 g/mol. The molecule has 10 heteroatoms. The maximum Gasteiger partial charge on any atom is 0.265 e. The van der Waals surface area contributed by atoms with E-state index < -0.39 is 0 Å². The van der Waals surface area contributed by atoms with Crippen LogP contribution >= 0.6 is 23.7 Å². The van der Waals surface area contributed by atoms with Gasteiger partial charge in [-0.15, -0.1) is 23.7 Å². The van der Waals surface area contributed by atoms with Crippen molar-refractivity contribution >= 4 is 41.5 Å². The number of benzene rings is 2. The topological polar surface area (TPSA) is 91.8 Å². The minimum Gasteiger partial charge on any atom is -0.488 e. The third kappa shape index (κ3) is 4.27. The van der Waals surface area contributed by atoms with Crippen LogP contribution in [0, 0.1) is 0 Å². The zero-order valence-corrected chi connectivity index (χ0v) is 21.0. The van der Waals surface area contributed by atoms with E-state index >= 15 is 0 Å². The van der Waals surface area contributed by atoms with Crippen LogP contribution in [0.3, 0.4) is 0 Å². The first kappa shape index (κ1) is 24.4. The van der Waals surface area contributed by atoms with Gasteiger partial charge in [-0.05, 0) is 36.7 Å². The highest BCUT2D eigenvalue weighted by Crippen LogP contribution is 2.35. The number of carbonyl (C=O) groups excluding carboxylic acids is 3. The predicted octanol–water partition coefficient (Wildman–Crippen LogP) is 3.34. The van der Waals surface area contributed by atoms with Gasteiger partial charge in [-0.25, -0.2) is 0 Å². The molecule has 3 aromatic rings. The van der Waals surface area contributed by atoms with Crippen molar-refractivity contribution in [3.63, 3.8) is 0 Å². The van der Waals surface area contributed by atoms with Gasteiger partial charge in [0.15, 0.2) is 0 Å². The Hall–Kier alpha value is -3.27. The smallest absolute Gasteiger partial charge is 0.265 e. The summed E-state index contributed by atoms with van der Waals surface area (Å²) in [5.74, 6) is 0.212. The van der Waals surface area contributed by atoms with Gasteiger partial charge >= 0.3 is 0 Å². The van der Waals surface area contributed by atoms with Crippen molar-refractivity contribution < 1.29 is 19.1 Å². The summed E-state index contributed by atoms with van der Waals surface area (Å²) < 4.78 is 6.45. The van der Waals surface area contributed by atoms with Crippen molar-refractivity contribution in [3.05, 3.63) is 81.3 Å². The van der Waals surface area contributed by atoms with Gasteiger partial charge < -0.3 is 15.0 Å². The van der Waals surface area contributed by atoms with Crippen LogP contribution in [0.25, 0.3) is 0 Å². The SMILES string of the molecule is Cl.O=C(c1cncs1)N1CC[C@H](Oc2cccc3c2[C@@H](CN2C(=O)c4ccccc4C2=O)NCC3)C1. The van der Waals surface area contributed by atoms with Crippen molar-refractivity contribution in [1.82, 2.24) is 20.1 Å². The van der Waals surface area contributed by atoms with Crippen LogP contribution < -0.4 is 10.1 Å². The summed E-state index contributed by atoms with van der Waals surface area (Å²) in [7, 11) is 0. The molecule has 0 saturated carbocycles. The lowest BCUT2D eigenvalue weighted by atomic mass is 9.93. The van der Waals surface area contributed by atoms with Gasteiger partial charge in [0, 0.05) is 25.1 Å². The summed E-state index contributed by atoms with van der Waals surface area (Å²) >= 11 is 1.34. The molecule has 1 saturated heterocycles. The number of hydrogen-bond donors (Lipinski definition) is 1. The number of fused-ring (bicyclic) bond motifs is 2. The number of amides is 3. The fourth-order valence-electron chi connectivity index (χ4n) is 5.20. The summed E-state index contributed by atoms with van der Waals surface area (Å²) in [6, 6.07) is 12.7. The Morgan fingerprint density at radius 1 is 1.11 bits per heavy atom. The van der Waals surface area contributed by atoms with Gasteiger partial charge in [0.1, 0.15) is 16.7 Å². The molecule has 36 heavy (non-hydrogen) atoms. The highest BCUT2D eigenvalue weighted by Gasteiger charge is 2.38. The number of imide groups is 1. The molecule has 186 valence electrons. The number of halogens is 1. The van der Waals surface area contributed by atoms with Gasteiger partial charge in [0.25, 0.3) is 17.7 Å². The number of nitrogens with zero attached hydrogens (tertiary/aromatic N) is 3. The summed E-state index contributed by atoms with van der Waals surface area (Å²) in [6.45, 7) is 2.13. The van der Waals surface area contributed by atoms with E-state index in [9.17, 15) is 14.4 Å². The Bertz CT molecular complexity index is 1280. The van der Waals surface area contributed by atoms with Crippen molar-refractivity contribution in [2.24, 2.45) is 0 Å². The van der Waals surface area contributed by atoms with Crippen molar-refractivity contribution in [3.8, 4) is 5.75 Å². The molecule has 1 N–H and O–H groups in total. The molecule has 4 heterocycles. The van der Waals surface area contributed by atoms with Crippen molar-refractivity contribution in [1.29, 1.82) is 0 Å². The Balaban J connectivity index is 0.00000267. The summed E-state index contributed by atoms with van der Waals surface area (Å²) in [5, 5.41) is 3.48. The number of ether oxygens (including phenoxy) is 1. The van der Waals surface area contributed by atoms with Gasteiger partial charge in [-0.2, -0.15) is 0 Å². The molecule has 0 spiro atoms. The first-order valence-corrected chi connectivity index (χ1v) is 12.6. The molecule has 0 radical (unpaired) electrons. The molecule has 3 aliphatic heterocycles. The first-order chi connectivity index (χ1) is 17.1. The quantitative estimate of drug-likeness (QED) is 0.515. The largest absolute Gasteiger partial charge is 0.488 e. The van der Waals surface area contributed by atoms with E-state index in [-0.39, 0.29) is 48.8 Å². The molecule has 8 nitrogen and oxygen atoms in total. The van der Waals surface area contributed by atoms with E-state index in [4.69, 9.17) is 4.74 Å². The Morgan fingerprint density at radius 2 is 1.89 bits per heavy atom. The normalized spacial score (nSPS) is 20.7. The number of aromatic nitrogens is 1. The van der Waals surface area contributed by atoms with E-state index in [1.54, 1.807) is 36.0 Å². The van der Waals surface area contributed by atoms with Gasteiger partial charge in [0.05, 0.1) is 35.4 Å². The van der Waals surface area contributed by atoms with E-state index in [1.807, 2.05) is 17.0 Å². The van der Waals surface area contributed by atoms with Gasteiger partial charge in [-0.1, -0.05) is 24.3 Å². The number of carbonyl (C=O) groups is 3. The molecule has 0 bridgehead atoms. The van der Waals surface area contributed by atoms with E-state index in [1.165, 1.54) is 16.2 Å². The van der Waals surface area contributed by atoms with Gasteiger partial charge in [0.2, 0.25) is 0 Å². The molecule has 0 aliphatic carbocycles. The number of nitrogens with one attached hydrogen (secondary N) is 1. The second-order valence-corrected chi connectivity index (χ2v) is 9.88. The van der Waals surface area contributed by atoms with Crippen LogP contribution in [-0.4, -0.2) is 64.8 Å². The van der Waals surface area contributed by atoms with Crippen LogP contribution in [0.5, 0.6) is 5.75 Å². The van der Waals surface area contributed by atoms with Crippen LogP contribution in [0.15, 0.2) is 54.2 Å². The highest BCUT2D eigenvalue weighted by molar-refractivity contribution is 7.11. The Kier molecular flexibility index (Phi) is 6.79. The monoisotopic (exact) mass is 524 g/mol. The van der Waals surface area contributed by atoms with Crippen molar-refractivity contribution in [2.75, 3.05) is 26.2 Å². The standard InChI is InChI=1S/C26H24N4O4S.ClH/c31-24-18-5-1-2-6-19(18)25(32)30(24)14-20-23-16(8-10-28-20)4-3-7-21(23)34-17-9-11-29(13-17)26(33)22-12-27-15-35-22;/h1-7,12,15,17,20,28H,8-11,13-14H2;1H/t17-,20+;/m0./s1. The molecule has 0 unspecified atom stereocenters. The Labute approximate surface area is 218 Å². The molecule has 1 aromatic heterocycles. The second-order valence-electron chi connectivity index (χ2n) is 9.00. The molecular weight excluding hydrogens is 500 g/mol. The summed E-state index contributed by atoms with van der Waals surface area (Å²) in [4.78, 5) is 46.4. The summed E-state index contributed by atoms with van der Waals surface area (Å²) in [5.41, 5.74) is 4.71. The fraction of sp³-hybridized carbons (Fsp3) is 0.308. The number of hydrogen-bond acceptors (Lipinski definition) is 7. The first-order valence-electron chi connectivity index (χ1n) is 11.7. The number of rotatable bonds is 5. The molecule has 3 aliphatic rings. The van der Waals surface area contributed by atoms with Crippen LogP contribution in [-0.2, 0) is 6.42 Å². The second kappa shape index (κ2) is 10.0. The lowest BCUT2D eigenvalue weighted by molar-refractivity contribution is 0.0635. The molecule has 1 fully saturated rings. The average Bonchev–Trinajstić information content (AvgIpc) is 3.63.